The normalized spacial score (nSPS) is 12.0. The molecule has 1 heterocycles. The Morgan fingerprint density at radius 2 is 1.64 bits per heavy atom. The monoisotopic (exact) mass is 573 g/mol. The van der Waals surface area contributed by atoms with Crippen LogP contribution in [-0.2, 0) is 0 Å². The van der Waals surface area contributed by atoms with Crippen LogP contribution < -0.4 is 5.32 Å². The minimum atomic E-state index is -1.14. The molecule has 1 atom stereocenters. The Hall–Kier alpha value is -4.94. The number of amides is 1. The van der Waals surface area contributed by atoms with Crippen LogP contribution in [0, 0.1) is 0 Å². The third-order valence-electron chi connectivity index (χ3n) is 7.50. The summed E-state index contributed by atoms with van der Waals surface area (Å²) in [4.78, 5) is 34.2. The number of carbonyl (C=O) groups is 2. The maximum absolute atomic E-state index is 13.3. The second kappa shape index (κ2) is 11.5. The lowest BCUT2D eigenvalue weighted by Gasteiger charge is -2.19. The molecular weight excluding hydrogens is 546 g/mol. The Morgan fingerprint density at radius 3 is 2.43 bits per heavy atom. The van der Waals surface area contributed by atoms with Gasteiger partial charge in [-0.1, -0.05) is 91.7 Å². The molecule has 6 nitrogen and oxygen atoms in total. The lowest BCUT2D eigenvalue weighted by atomic mass is 9.93. The molecule has 0 bridgehead atoms. The van der Waals surface area contributed by atoms with Crippen LogP contribution >= 0.6 is 11.6 Å². The molecular formula is C35H28ClN3O3. The van der Waals surface area contributed by atoms with Gasteiger partial charge in [-0.05, 0) is 64.9 Å². The van der Waals surface area contributed by atoms with Crippen LogP contribution in [0.1, 0.15) is 52.1 Å². The van der Waals surface area contributed by atoms with Crippen LogP contribution in [0.25, 0.3) is 44.3 Å². The number of aromatic amines is 1. The summed E-state index contributed by atoms with van der Waals surface area (Å²) in [5.74, 6) is -0.882. The number of fused-ring (bicyclic) bond motifs is 3. The number of nitrogens with one attached hydrogen (secondary N) is 2. The minimum Gasteiger partial charge on any atom is -0.478 e. The highest BCUT2D eigenvalue weighted by Crippen LogP contribution is 2.37. The first-order valence-electron chi connectivity index (χ1n) is 13.8. The Balaban J connectivity index is 1.41. The minimum absolute atomic E-state index is 0.000481. The zero-order chi connectivity index (χ0) is 29.2. The van der Waals surface area contributed by atoms with Gasteiger partial charge in [0.2, 0.25) is 0 Å². The van der Waals surface area contributed by atoms with Gasteiger partial charge in [0, 0.05) is 21.5 Å². The van der Waals surface area contributed by atoms with Crippen molar-refractivity contribution in [2.75, 3.05) is 0 Å². The molecule has 6 rings (SSSR count). The maximum atomic E-state index is 13.3. The van der Waals surface area contributed by atoms with E-state index in [1.807, 2.05) is 72.8 Å². The van der Waals surface area contributed by atoms with E-state index in [2.05, 4.69) is 17.2 Å². The summed E-state index contributed by atoms with van der Waals surface area (Å²) in [6.45, 7) is 2.06. The first-order chi connectivity index (χ1) is 20.4. The average Bonchev–Trinajstić information content (AvgIpc) is 3.46. The molecule has 1 aromatic heterocycles. The predicted octanol–water partition coefficient (Wildman–Crippen LogP) is 8.67. The highest BCUT2D eigenvalue weighted by atomic mass is 35.5. The van der Waals surface area contributed by atoms with Crippen LogP contribution in [0.15, 0.2) is 103 Å². The van der Waals surface area contributed by atoms with Gasteiger partial charge in [-0.2, -0.15) is 0 Å². The third kappa shape index (κ3) is 5.24. The highest BCUT2D eigenvalue weighted by Gasteiger charge is 2.22. The number of nitrogens with zero attached hydrogens (tertiary/aromatic N) is 1. The van der Waals surface area contributed by atoms with Crippen molar-refractivity contribution in [3.8, 4) is 22.5 Å². The van der Waals surface area contributed by atoms with Crippen molar-refractivity contribution < 1.29 is 14.7 Å². The molecule has 7 heteroatoms. The van der Waals surface area contributed by atoms with E-state index in [0.29, 0.717) is 27.5 Å². The molecule has 42 heavy (non-hydrogen) atoms. The molecule has 208 valence electrons. The first kappa shape index (κ1) is 27.2. The second-order valence-corrected chi connectivity index (χ2v) is 10.7. The number of hydrogen-bond acceptors (Lipinski definition) is 3. The van der Waals surface area contributed by atoms with Gasteiger partial charge in [0.15, 0.2) is 0 Å². The fourth-order valence-electron chi connectivity index (χ4n) is 5.45. The molecule has 0 aliphatic rings. The van der Waals surface area contributed by atoms with Crippen LogP contribution in [-0.4, -0.2) is 27.0 Å². The molecule has 0 aliphatic carbocycles. The molecule has 0 spiro atoms. The molecule has 0 radical (unpaired) electrons. The van der Waals surface area contributed by atoms with E-state index < -0.39 is 5.97 Å². The number of carboxylic acids is 1. The van der Waals surface area contributed by atoms with Gasteiger partial charge in [-0.3, -0.25) is 4.79 Å². The van der Waals surface area contributed by atoms with E-state index in [0.717, 1.165) is 40.2 Å². The van der Waals surface area contributed by atoms with Crippen LogP contribution in [0.4, 0.5) is 0 Å². The van der Waals surface area contributed by atoms with E-state index in [1.165, 1.54) is 6.07 Å². The lowest BCUT2D eigenvalue weighted by molar-refractivity contribution is 0.0697. The van der Waals surface area contributed by atoms with Gasteiger partial charge < -0.3 is 15.4 Å². The van der Waals surface area contributed by atoms with Crippen molar-refractivity contribution in [2.45, 2.75) is 25.8 Å². The van der Waals surface area contributed by atoms with Gasteiger partial charge in [-0.15, -0.1) is 0 Å². The van der Waals surface area contributed by atoms with Gasteiger partial charge in [-0.25, -0.2) is 9.78 Å². The molecule has 6 aromatic rings. The van der Waals surface area contributed by atoms with E-state index in [4.69, 9.17) is 16.6 Å². The van der Waals surface area contributed by atoms with E-state index in [-0.39, 0.29) is 23.1 Å². The fraction of sp³-hybridized carbons (Fsp3) is 0.114. The fourth-order valence-corrected chi connectivity index (χ4v) is 5.62. The number of aromatic nitrogens is 2. The number of carboxylic acid groups (broad SMARTS) is 1. The number of hydrogen-bond donors (Lipinski definition) is 3. The predicted molar refractivity (Wildman–Crippen MR) is 168 cm³/mol. The Kier molecular flexibility index (Phi) is 7.46. The molecule has 0 saturated carbocycles. The number of H-pyrrole nitrogens is 1. The number of imidazole rings is 1. The zero-order valence-corrected chi connectivity index (χ0v) is 23.7. The molecule has 0 fully saturated rings. The van der Waals surface area contributed by atoms with E-state index in [9.17, 15) is 14.7 Å². The highest BCUT2D eigenvalue weighted by molar-refractivity contribution is 6.31. The summed E-state index contributed by atoms with van der Waals surface area (Å²) in [5, 5.41) is 15.9. The number of rotatable bonds is 8. The first-order valence-corrected chi connectivity index (χ1v) is 14.2. The van der Waals surface area contributed by atoms with Gasteiger partial charge >= 0.3 is 5.97 Å². The third-order valence-corrected chi connectivity index (χ3v) is 7.74. The molecule has 3 N–H and O–H groups in total. The summed E-state index contributed by atoms with van der Waals surface area (Å²) in [5.41, 5.74) is 4.71. The molecule has 5 aromatic carbocycles. The lowest BCUT2D eigenvalue weighted by Crippen LogP contribution is -2.28. The standard InChI is InChI=1S/C35H28ClN3O3/c1-2-8-30(22-10-4-3-5-11-22)38-34(40)23-13-16-26(29(19-23)35(41)42)28-20-24(36)15-17-27(28)33-37-31-18-14-21-9-6-7-12-25(21)32(31)39-33/h3-7,9-20,30H,2,8H2,1H3,(H,37,39)(H,38,40)(H,41,42)/t30-/m1/s1. The Bertz CT molecular complexity index is 1950. The Morgan fingerprint density at radius 1 is 0.881 bits per heavy atom. The van der Waals surface area contributed by atoms with Crippen molar-refractivity contribution in [3.05, 3.63) is 125 Å². The van der Waals surface area contributed by atoms with Crippen LogP contribution in [0.5, 0.6) is 0 Å². The van der Waals surface area contributed by atoms with Crippen molar-refractivity contribution in [1.82, 2.24) is 15.3 Å². The summed E-state index contributed by atoms with van der Waals surface area (Å²) >= 11 is 6.43. The molecule has 0 saturated heterocycles. The SMILES string of the molecule is CCC[C@@H](NC(=O)c1ccc(-c2cc(Cl)ccc2-c2nc3c(ccc4ccccc43)[nH]2)c(C(=O)O)c1)c1ccccc1. The number of carbonyl (C=O) groups excluding carboxylic acids is 1. The van der Waals surface area contributed by atoms with Gasteiger partial charge in [0.25, 0.3) is 5.91 Å². The number of halogens is 1. The van der Waals surface area contributed by atoms with Crippen molar-refractivity contribution in [2.24, 2.45) is 0 Å². The maximum Gasteiger partial charge on any atom is 0.336 e. The van der Waals surface area contributed by atoms with Crippen molar-refractivity contribution in [3.63, 3.8) is 0 Å². The van der Waals surface area contributed by atoms with Crippen LogP contribution in [0.3, 0.4) is 0 Å². The van der Waals surface area contributed by atoms with E-state index in [1.54, 1.807) is 24.3 Å². The van der Waals surface area contributed by atoms with E-state index >= 15 is 0 Å². The van der Waals surface area contributed by atoms with Gasteiger partial charge in [0.05, 0.1) is 22.6 Å². The van der Waals surface area contributed by atoms with Crippen molar-refractivity contribution in [1.29, 1.82) is 0 Å². The topological polar surface area (TPSA) is 95.1 Å². The summed E-state index contributed by atoms with van der Waals surface area (Å²) in [6.07, 6.45) is 1.65. The molecule has 0 unspecified atom stereocenters. The smallest absolute Gasteiger partial charge is 0.336 e. The zero-order valence-electron chi connectivity index (χ0n) is 22.9. The Labute approximate surface area is 248 Å². The largest absolute Gasteiger partial charge is 0.478 e. The molecule has 0 aliphatic heterocycles. The number of aromatic carboxylic acids is 1. The summed E-state index contributed by atoms with van der Waals surface area (Å²) in [6, 6.07) is 31.7. The second-order valence-electron chi connectivity index (χ2n) is 10.2. The van der Waals surface area contributed by atoms with Gasteiger partial charge in [0.1, 0.15) is 5.82 Å². The van der Waals surface area contributed by atoms with Crippen LogP contribution in [0.2, 0.25) is 5.02 Å². The summed E-state index contributed by atoms with van der Waals surface area (Å²) < 4.78 is 0. The number of benzene rings is 5. The molecule has 1 amide bonds. The summed E-state index contributed by atoms with van der Waals surface area (Å²) in [7, 11) is 0. The quantitative estimate of drug-likeness (QED) is 0.170. The van der Waals surface area contributed by atoms with Crippen molar-refractivity contribution >= 4 is 45.3 Å². The average molecular weight is 574 g/mol.